The highest BCUT2D eigenvalue weighted by atomic mass is 32.2. The van der Waals surface area contributed by atoms with Gasteiger partial charge in [0.1, 0.15) is 6.61 Å². The quantitative estimate of drug-likeness (QED) is 0.491. The van der Waals surface area contributed by atoms with Crippen molar-refractivity contribution in [3.63, 3.8) is 0 Å². The number of rotatable bonds is 2. The Morgan fingerprint density at radius 3 is 2.58 bits per heavy atom. The van der Waals surface area contributed by atoms with Gasteiger partial charge in [-0.15, -0.1) is 0 Å². The van der Waals surface area contributed by atoms with Crippen molar-refractivity contribution in [3.05, 3.63) is 0 Å². The van der Waals surface area contributed by atoms with Gasteiger partial charge in [-0.2, -0.15) is 0 Å². The molecule has 1 atom stereocenters. The van der Waals surface area contributed by atoms with E-state index in [-0.39, 0.29) is 44.2 Å². The number of hydrogen-bond acceptors (Lipinski definition) is 8. The van der Waals surface area contributed by atoms with Crippen LogP contribution in [0.25, 0.3) is 0 Å². The van der Waals surface area contributed by atoms with Crippen LogP contribution in [0.15, 0.2) is 0 Å². The van der Waals surface area contributed by atoms with Crippen molar-refractivity contribution < 1.29 is 33.4 Å². The molecule has 0 aromatic rings. The summed E-state index contributed by atoms with van der Waals surface area (Å²) in [5.74, 6) is -2.32. The highest BCUT2D eigenvalue weighted by Gasteiger charge is 2.40. The summed E-state index contributed by atoms with van der Waals surface area (Å²) >= 11 is 0.738. The minimum atomic E-state index is -1.24. The number of amides is 2. The van der Waals surface area contributed by atoms with Crippen molar-refractivity contribution >= 4 is 40.6 Å². The molecule has 0 spiro atoms. The number of ether oxygens (including phenoxy) is 2. The molecule has 2 amide bonds. The minimum absolute atomic E-state index is 0.0364. The fourth-order valence-corrected chi connectivity index (χ4v) is 2.61. The fraction of sp³-hybridized carbons (Fsp3) is 0.688. The monoisotopic (exact) mass is 388 g/mol. The summed E-state index contributed by atoms with van der Waals surface area (Å²) in [5, 5.41) is 4.32. The maximum atomic E-state index is 12.4. The molecule has 26 heavy (non-hydrogen) atoms. The Balaban J connectivity index is 2.97. The van der Waals surface area contributed by atoms with Gasteiger partial charge < -0.3 is 20.1 Å². The van der Waals surface area contributed by atoms with E-state index in [0.717, 1.165) is 11.8 Å². The zero-order chi connectivity index (χ0) is 19.7. The molecule has 0 saturated carbocycles. The van der Waals surface area contributed by atoms with E-state index in [0.29, 0.717) is 0 Å². The fourth-order valence-electron chi connectivity index (χ4n) is 2.04. The van der Waals surface area contributed by atoms with E-state index in [2.05, 4.69) is 10.6 Å². The number of carbonyl (C=O) groups is 5. The third-order valence-electron chi connectivity index (χ3n) is 3.54. The molecule has 1 aliphatic rings. The Labute approximate surface area is 155 Å². The standard InChI is InChI=1S/C16H24N2O7S/c1-4-11(20)25-12-13(21)18-6-5-10(19)17-7-8-26-15(23)14(22)24-9-16(12,2)3/h12H,4-9H2,1-3H3,(H,17,19)(H,18,21)/t12-/m0/s1. The van der Waals surface area contributed by atoms with Crippen molar-refractivity contribution in [1.29, 1.82) is 0 Å². The average molecular weight is 388 g/mol. The second-order valence-electron chi connectivity index (χ2n) is 6.32. The first-order chi connectivity index (χ1) is 12.2. The van der Waals surface area contributed by atoms with Crippen LogP contribution in [0.2, 0.25) is 0 Å². The lowest BCUT2D eigenvalue weighted by molar-refractivity contribution is -0.169. The van der Waals surface area contributed by atoms with E-state index >= 15 is 0 Å². The van der Waals surface area contributed by atoms with Crippen LogP contribution in [0, 0.1) is 5.41 Å². The second-order valence-corrected chi connectivity index (χ2v) is 7.38. The van der Waals surface area contributed by atoms with E-state index in [4.69, 9.17) is 9.47 Å². The maximum absolute atomic E-state index is 12.4. The van der Waals surface area contributed by atoms with Crippen molar-refractivity contribution in [2.24, 2.45) is 5.41 Å². The minimum Gasteiger partial charge on any atom is -0.459 e. The van der Waals surface area contributed by atoms with Crippen molar-refractivity contribution in [1.82, 2.24) is 10.6 Å². The van der Waals surface area contributed by atoms with Crippen molar-refractivity contribution in [2.75, 3.05) is 25.4 Å². The Bertz CT molecular complexity index is 577. The summed E-state index contributed by atoms with van der Waals surface area (Å²) in [5.41, 5.74) is -1.07. The molecule has 0 unspecified atom stereocenters. The van der Waals surface area contributed by atoms with Gasteiger partial charge in [-0.3, -0.25) is 19.2 Å². The van der Waals surface area contributed by atoms with E-state index in [1.54, 1.807) is 20.8 Å². The van der Waals surface area contributed by atoms with Crippen LogP contribution in [0.4, 0.5) is 0 Å². The molecule has 146 valence electrons. The first-order valence-electron chi connectivity index (χ1n) is 8.25. The lowest BCUT2D eigenvalue weighted by Crippen LogP contribution is -2.49. The van der Waals surface area contributed by atoms with E-state index in [1.165, 1.54) is 0 Å². The van der Waals surface area contributed by atoms with Crippen LogP contribution in [0.5, 0.6) is 0 Å². The van der Waals surface area contributed by atoms with Crippen LogP contribution in [-0.4, -0.2) is 60.4 Å². The lowest BCUT2D eigenvalue weighted by atomic mass is 9.86. The molecular weight excluding hydrogens is 364 g/mol. The van der Waals surface area contributed by atoms with Crippen LogP contribution in [-0.2, 0) is 33.4 Å². The zero-order valence-electron chi connectivity index (χ0n) is 15.1. The molecule has 0 aromatic heterocycles. The molecule has 0 aliphatic carbocycles. The van der Waals surface area contributed by atoms with Crippen molar-refractivity contribution in [2.45, 2.75) is 39.7 Å². The largest absolute Gasteiger partial charge is 0.459 e. The summed E-state index contributed by atoms with van der Waals surface area (Å²) in [6, 6.07) is 0. The van der Waals surface area contributed by atoms with Crippen molar-refractivity contribution in [3.8, 4) is 0 Å². The van der Waals surface area contributed by atoms with Crippen LogP contribution < -0.4 is 10.6 Å². The average Bonchev–Trinajstić information content (AvgIpc) is 2.59. The zero-order valence-corrected chi connectivity index (χ0v) is 15.9. The van der Waals surface area contributed by atoms with Gasteiger partial charge in [0.05, 0.1) is 0 Å². The topological polar surface area (TPSA) is 128 Å². The first kappa shape index (κ1) is 21.9. The predicted octanol–water partition coefficient (Wildman–Crippen LogP) is -0.226. The van der Waals surface area contributed by atoms with Crippen LogP contribution >= 0.6 is 11.8 Å². The van der Waals surface area contributed by atoms with Gasteiger partial charge in [-0.25, -0.2) is 4.79 Å². The molecule has 0 bridgehead atoms. The number of thioether (sulfide) groups is 1. The molecule has 2 N–H and O–H groups in total. The van der Waals surface area contributed by atoms with E-state index in [9.17, 15) is 24.0 Å². The number of esters is 2. The smallest absolute Gasteiger partial charge is 0.385 e. The highest BCUT2D eigenvalue weighted by Crippen LogP contribution is 2.25. The SMILES string of the molecule is CCC(=O)O[C@H]1C(=O)NCCC(=O)NCCSC(=O)C(=O)OCC1(C)C. The molecule has 9 nitrogen and oxygen atoms in total. The summed E-state index contributed by atoms with van der Waals surface area (Å²) < 4.78 is 10.2. The van der Waals surface area contributed by atoms with E-state index < -0.39 is 34.5 Å². The van der Waals surface area contributed by atoms with E-state index in [1.807, 2.05) is 0 Å². The van der Waals surface area contributed by atoms with Gasteiger partial charge in [0.25, 0.3) is 11.0 Å². The molecule has 1 saturated heterocycles. The Hall–Kier alpha value is -2.10. The Morgan fingerprint density at radius 1 is 1.23 bits per heavy atom. The molecule has 1 rings (SSSR count). The van der Waals surface area contributed by atoms with Gasteiger partial charge in [-0.1, -0.05) is 32.5 Å². The molecule has 10 heteroatoms. The number of carbonyl (C=O) groups excluding carboxylic acids is 5. The Morgan fingerprint density at radius 2 is 1.92 bits per heavy atom. The first-order valence-corrected chi connectivity index (χ1v) is 9.23. The third-order valence-corrected chi connectivity index (χ3v) is 4.37. The summed E-state index contributed by atoms with van der Waals surface area (Å²) in [7, 11) is 0. The molecule has 1 heterocycles. The summed E-state index contributed by atoms with van der Waals surface area (Å²) in [6.07, 6.45) is -1.13. The normalized spacial score (nSPS) is 23.0. The van der Waals surface area contributed by atoms with Gasteiger partial charge in [0.15, 0.2) is 6.10 Å². The van der Waals surface area contributed by atoms with Gasteiger partial charge in [0.2, 0.25) is 5.91 Å². The highest BCUT2D eigenvalue weighted by molar-refractivity contribution is 8.15. The lowest BCUT2D eigenvalue weighted by Gasteiger charge is -2.32. The number of cyclic esters (lactones) is 1. The molecule has 1 aliphatic heterocycles. The Kier molecular flexibility index (Phi) is 8.56. The van der Waals surface area contributed by atoms with Crippen LogP contribution in [0.3, 0.4) is 0 Å². The summed E-state index contributed by atoms with van der Waals surface area (Å²) in [6.45, 7) is 4.72. The van der Waals surface area contributed by atoms with Gasteiger partial charge >= 0.3 is 11.9 Å². The predicted molar refractivity (Wildman–Crippen MR) is 93.0 cm³/mol. The molecule has 1 fully saturated rings. The maximum Gasteiger partial charge on any atom is 0.385 e. The van der Waals surface area contributed by atoms with Gasteiger partial charge in [0, 0.05) is 37.1 Å². The number of hydrogen-bond donors (Lipinski definition) is 2. The van der Waals surface area contributed by atoms with Crippen LogP contribution in [0.1, 0.15) is 33.6 Å². The van der Waals surface area contributed by atoms with Gasteiger partial charge in [-0.05, 0) is 0 Å². The third kappa shape index (κ3) is 7.03. The number of nitrogens with one attached hydrogen (secondary N) is 2. The molecule has 0 radical (unpaired) electrons. The molecule has 0 aromatic carbocycles. The summed E-state index contributed by atoms with van der Waals surface area (Å²) in [4.78, 5) is 59.3. The molecular formula is C16H24N2O7S. The second kappa shape index (κ2) is 10.1.